The maximum atomic E-state index is 15.5. The highest BCUT2D eigenvalue weighted by Crippen LogP contribution is 2.31. The molecule has 36 heavy (non-hydrogen) atoms. The van der Waals surface area contributed by atoms with Crippen molar-refractivity contribution in [2.45, 2.75) is 55.5 Å². The van der Waals surface area contributed by atoms with Crippen LogP contribution in [0.25, 0.3) is 10.9 Å². The van der Waals surface area contributed by atoms with E-state index in [-0.39, 0.29) is 21.2 Å². The van der Waals surface area contributed by atoms with Gasteiger partial charge in [0.2, 0.25) is 15.3 Å². The third kappa shape index (κ3) is 4.44. The molecule has 1 aliphatic rings. The lowest BCUT2D eigenvalue weighted by atomic mass is 10.0. The molecular formula is C29H29FN2O3S. The van der Waals surface area contributed by atoms with Gasteiger partial charge >= 0.3 is 0 Å². The number of aryl methyl sites for hydroxylation is 1. The number of halogens is 1. The van der Waals surface area contributed by atoms with Crippen LogP contribution in [0.1, 0.15) is 37.3 Å². The van der Waals surface area contributed by atoms with Gasteiger partial charge in [0, 0.05) is 25.3 Å². The first-order valence-corrected chi connectivity index (χ1v) is 13.7. The monoisotopic (exact) mass is 504 g/mol. The number of pyridine rings is 1. The Morgan fingerprint density at radius 2 is 1.78 bits per heavy atom. The number of hydrogen-bond donors (Lipinski definition) is 0. The lowest BCUT2D eigenvalue weighted by molar-refractivity contribution is 0.476. The predicted octanol–water partition coefficient (Wildman–Crippen LogP) is 5.71. The molecule has 5 rings (SSSR count). The smallest absolute Gasteiger partial charge is 0.211 e. The van der Waals surface area contributed by atoms with E-state index in [4.69, 9.17) is 0 Å². The van der Waals surface area contributed by atoms with Crippen LogP contribution in [0.5, 0.6) is 0 Å². The third-order valence-electron chi connectivity index (χ3n) is 7.01. The summed E-state index contributed by atoms with van der Waals surface area (Å²) in [6.45, 7) is 4.96. The summed E-state index contributed by atoms with van der Waals surface area (Å²) in [5, 5.41) is 0.0607. The number of hydrogen-bond acceptors (Lipinski definition) is 4. The molecule has 0 unspecified atom stereocenters. The van der Waals surface area contributed by atoms with Gasteiger partial charge in [-0.2, -0.15) is 0 Å². The average Bonchev–Trinajstić information content (AvgIpc) is 2.86. The normalized spacial score (nSPS) is 16.4. The largest absolute Gasteiger partial charge is 0.366 e. The summed E-state index contributed by atoms with van der Waals surface area (Å²) in [5.74, 6) is -0.510. The minimum absolute atomic E-state index is 0.0458. The van der Waals surface area contributed by atoms with Gasteiger partial charge in [0.15, 0.2) is 0 Å². The molecule has 4 aromatic rings. The number of benzene rings is 3. The van der Waals surface area contributed by atoms with E-state index in [0.29, 0.717) is 17.7 Å². The van der Waals surface area contributed by atoms with Crippen LogP contribution in [-0.2, 0) is 16.4 Å². The van der Waals surface area contributed by atoms with E-state index in [9.17, 15) is 13.2 Å². The van der Waals surface area contributed by atoms with Gasteiger partial charge in [0.25, 0.3) is 0 Å². The summed E-state index contributed by atoms with van der Waals surface area (Å²) >= 11 is 0. The molecule has 1 aliphatic heterocycles. The van der Waals surface area contributed by atoms with Crippen molar-refractivity contribution in [2.24, 2.45) is 0 Å². The highest BCUT2D eigenvalue weighted by atomic mass is 32.2. The molecule has 1 fully saturated rings. The highest BCUT2D eigenvalue weighted by molar-refractivity contribution is 7.91. The van der Waals surface area contributed by atoms with E-state index in [0.717, 1.165) is 36.9 Å². The summed E-state index contributed by atoms with van der Waals surface area (Å²) in [6.07, 6.45) is 4.47. The second-order valence-corrected chi connectivity index (χ2v) is 11.5. The fourth-order valence-corrected chi connectivity index (χ4v) is 6.53. The zero-order valence-electron chi connectivity index (χ0n) is 20.4. The Labute approximate surface area is 210 Å². The van der Waals surface area contributed by atoms with E-state index >= 15 is 4.39 Å². The summed E-state index contributed by atoms with van der Waals surface area (Å²) < 4.78 is 44.4. The topological polar surface area (TPSA) is 59.4 Å². The Bertz CT molecular complexity index is 1600. The lowest BCUT2D eigenvalue weighted by Crippen LogP contribution is -2.38. The quantitative estimate of drug-likeness (QED) is 0.349. The fraction of sp³-hybridized carbons (Fsp3) is 0.276. The van der Waals surface area contributed by atoms with Crippen molar-refractivity contribution in [3.05, 3.63) is 100 Å². The highest BCUT2D eigenvalue weighted by Gasteiger charge is 2.27. The average molecular weight is 505 g/mol. The molecule has 5 nitrogen and oxygen atoms in total. The van der Waals surface area contributed by atoms with Crippen LogP contribution >= 0.6 is 0 Å². The Morgan fingerprint density at radius 3 is 2.50 bits per heavy atom. The molecule has 0 bridgehead atoms. The van der Waals surface area contributed by atoms with Crippen molar-refractivity contribution < 1.29 is 12.8 Å². The predicted molar refractivity (Wildman–Crippen MR) is 141 cm³/mol. The van der Waals surface area contributed by atoms with E-state index in [1.807, 2.05) is 35.2 Å². The van der Waals surface area contributed by atoms with Crippen molar-refractivity contribution in [3.8, 4) is 0 Å². The zero-order valence-corrected chi connectivity index (χ0v) is 21.3. The Morgan fingerprint density at radius 1 is 1.00 bits per heavy atom. The first-order valence-electron chi connectivity index (χ1n) is 12.2. The Hall–Kier alpha value is -3.45. The summed E-state index contributed by atoms with van der Waals surface area (Å²) in [4.78, 5) is 15.3. The Balaban J connectivity index is 1.76. The van der Waals surface area contributed by atoms with E-state index in [1.54, 1.807) is 35.8 Å². The molecule has 0 aliphatic carbocycles. The van der Waals surface area contributed by atoms with Crippen LogP contribution in [0.2, 0.25) is 0 Å². The molecule has 2 heterocycles. The van der Waals surface area contributed by atoms with Crippen molar-refractivity contribution in [2.75, 3.05) is 11.4 Å². The first kappa shape index (κ1) is 24.3. The Kier molecular flexibility index (Phi) is 6.43. The SMILES string of the molecule is Cc1cccc(S(=O)(=O)c2cn(Cc3ccccc3)c3cc(N4CCCC[C@H]4C)c(F)cc3c2=O)c1. The number of rotatable bonds is 5. The summed E-state index contributed by atoms with van der Waals surface area (Å²) in [7, 11) is -4.12. The first-order chi connectivity index (χ1) is 17.3. The second-order valence-electron chi connectivity index (χ2n) is 9.61. The van der Waals surface area contributed by atoms with Gasteiger partial charge in [-0.05, 0) is 68.5 Å². The van der Waals surface area contributed by atoms with Crippen molar-refractivity contribution in [1.82, 2.24) is 4.57 Å². The van der Waals surface area contributed by atoms with Crippen LogP contribution in [-0.4, -0.2) is 25.6 Å². The van der Waals surface area contributed by atoms with Gasteiger partial charge in [-0.25, -0.2) is 12.8 Å². The van der Waals surface area contributed by atoms with Gasteiger partial charge in [-0.15, -0.1) is 0 Å². The summed E-state index contributed by atoms with van der Waals surface area (Å²) in [6, 6.07) is 19.2. The molecule has 1 saturated heterocycles. The number of sulfone groups is 1. The van der Waals surface area contributed by atoms with Crippen LogP contribution in [0.15, 0.2) is 87.5 Å². The molecule has 1 aromatic heterocycles. The zero-order chi connectivity index (χ0) is 25.4. The number of anilines is 1. The number of fused-ring (bicyclic) bond motifs is 1. The van der Waals surface area contributed by atoms with Crippen molar-refractivity contribution >= 4 is 26.4 Å². The third-order valence-corrected chi connectivity index (χ3v) is 8.76. The minimum atomic E-state index is -4.12. The molecular weight excluding hydrogens is 475 g/mol. The fourth-order valence-electron chi connectivity index (χ4n) is 5.06. The molecule has 0 radical (unpaired) electrons. The molecule has 3 aromatic carbocycles. The van der Waals surface area contributed by atoms with Crippen molar-refractivity contribution in [1.29, 1.82) is 0 Å². The van der Waals surface area contributed by atoms with Crippen LogP contribution in [0.3, 0.4) is 0 Å². The molecule has 0 N–H and O–H groups in total. The molecule has 0 spiro atoms. The second kappa shape index (κ2) is 9.54. The molecule has 186 valence electrons. The van der Waals surface area contributed by atoms with E-state index < -0.39 is 21.1 Å². The van der Waals surface area contributed by atoms with Crippen molar-refractivity contribution in [3.63, 3.8) is 0 Å². The van der Waals surface area contributed by atoms with Gasteiger partial charge in [-0.3, -0.25) is 4.79 Å². The van der Waals surface area contributed by atoms with Crippen LogP contribution < -0.4 is 10.3 Å². The summed E-state index contributed by atoms with van der Waals surface area (Å²) in [5.41, 5.74) is 1.99. The maximum Gasteiger partial charge on any atom is 0.211 e. The standard InChI is InChI=1S/C29H29FN2O3S/c1-20-9-8-13-23(15-20)36(34,35)28-19-31(18-22-11-4-3-5-12-22)26-17-27(25(30)16-24(26)29(28)33)32-14-7-6-10-21(32)2/h3-5,8-9,11-13,15-17,19,21H,6-7,10,14,18H2,1-2H3/t21-/m1/s1. The molecule has 0 saturated carbocycles. The van der Waals surface area contributed by atoms with Crippen LogP contribution in [0, 0.1) is 12.7 Å². The van der Waals surface area contributed by atoms with Gasteiger partial charge in [0.05, 0.1) is 21.5 Å². The number of nitrogens with zero attached hydrogens (tertiary/aromatic N) is 2. The lowest BCUT2D eigenvalue weighted by Gasteiger charge is -2.35. The molecule has 1 atom stereocenters. The van der Waals surface area contributed by atoms with Gasteiger partial charge in [-0.1, -0.05) is 42.5 Å². The van der Waals surface area contributed by atoms with E-state index in [2.05, 4.69) is 6.92 Å². The van der Waals surface area contributed by atoms with Crippen LogP contribution in [0.4, 0.5) is 10.1 Å². The molecule has 7 heteroatoms. The van der Waals surface area contributed by atoms with Gasteiger partial charge in [0.1, 0.15) is 10.7 Å². The minimum Gasteiger partial charge on any atom is -0.366 e. The van der Waals surface area contributed by atoms with E-state index in [1.165, 1.54) is 18.3 Å². The molecule has 0 amide bonds. The maximum absolute atomic E-state index is 15.5. The number of piperidine rings is 1. The number of aromatic nitrogens is 1. The van der Waals surface area contributed by atoms with Gasteiger partial charge < -0.3 is 9.47 Å².